The largest absolute Gasteiger partial charge is 0.344 e. The van der Waals surface area contributed by atoms with Crippen LogP contribution in [0.1, 0.15) is 33.3 Å². The maximum atomic E-state index is 13.3. The van der Waals surface area contributed by atoms with Crippen LogP contribution in [0.15, 0.2) is 59.5 Å². The summed E-state index contributed by atoms with van der Waals surface area (Å²) in [5, 5.41) is 0. The second-order valence-corrected chi connectivity index (χ2v) is 9.39. The SMILES string of the molecule is CCN(C)C(=O)CN(c1ccccc1)S(=O)(=O)c1ccc(C(C)(C)C)cc1. The number of rotatable bonds is 6. The van der Waals surface area contributed by atoms with E-state index in [9.17, 15) is 13.2 Å². The van der Waals surface area contributed by atoms with Crippen molar-refractivity contribution < 1.29 is 13.2 Å². The zero-order valence-corrected chi connectivity index (χ0v) is 17.5. The molecule has 0 aliphatic rings. The molecule has 1 amide bonds. The Bertz CT molecular complexity index is 870. The number of carbonyl (C=O) groups excluding carboxylic acids is 1. The van der Waals surface area contributed by atoms with Crippen LogP contribution >= 0.6 is 0 Å². The average molecular weight is 389 g/mol. The number of likely N-dealkylation sites (N-methyl/N-ethyl adjacent to an activating group) is 1. The fourth-order valence-corrected chi connectivity index (χ4v) is 4.00. The van der Waals surface area contributed by atoms with Crippen LogP contribution in [0.4, 0.5) is 5.69 Å². The molecular formula is C21H28N2O3S. The highest BCUT2D eigenvalue weighted by atomic mass is 32.2. The predicted octanol–water partition coefficient (Wildman–Crippen LogP) is 3.66. The van der Waals surface area contributed by atoms with E-state index in [1.807, 2.05) is 25.1 Å². The summed E-state index contributed by atoms with van der Waals surface area (Å²) in [6.07, 6.45) is 0. The fourth-order valence-electron chi connectivity index (χ4n) is 2.58. The Balaban J connectivity index is 2.45. The summed E-state index contributed by atoms with van der Waals surface area (Å²) in [7, 11) is -2.20. The number of benzene rings is 2. The number of para-hydroxylation sites is 1. The molecule has 0 atom stereocenters. The summed E-state index contributed by atoms with van der Waals surface area (Å²) in [6, 6.07) is 15.6. The van der Waals surface area contributed by atoms with Gasteiger partial charge in [0.15, 0.2) is 0 Å². The highest BCUT2D eigenvalue weighted by molar-refractivity contribution is 7.92. The Morgan fingerprint density at radius 3 is 2.00 bits per heavy atom. The van der Waals surface area contributed by atoms with Gasteiger partial charge >= 0.3 is 0 Å². The second kappa shape index (κ2) is 8.13. The fraction of sp³-hybridized carbons (Fsp3) is 0.381. The quantitative estimate of drug-likeness (QED) is 0.759. The molecule has 0 radical (unpaired) electrons. The molecule has 0 spiro atoms. The van der Waals surface area contributed by atoms with Gasteiger partial charge in [0.2, 0.25) is 5.91 Å². The van der Waals surface area contributed by atoms with E-state index in [1.54, 1.807) is 43.4 Å². The molecule has 5 nitrogen and oxygen atoms in total. The van der Waals surface area contributed by atoms with E-state index in [4.69, 9.17) is 0 Å². The van der Waals surface area contributed by atoms with E-state index in [-0.39, 0.29) is 22.8 Å². The first-order chi connectivity index (χ1) is 12.6. The Morgan fingerprint density at radius 1 is 0.963 bits per heavy atom. The van der Waals surface area contributed by atoms with Crippen LogP contribution in [-0.4, -0.2) is 39.4 Å². The molecule has 146 valence electrons. The minimum atomic E-state index is -3.87. The standard InChI is InChI=1S/C21H28N2O3S/c1-6-22(5)20(24)16-23(18-10-8-7-9-11-18)27(25,26)19-14-12-17(13-15-19)21(2,3)4/h7-15H,6,16H2,1-5H3. The lowest BCUT2D eigenvalue weighted by molar-refractivity contribution is -0.128. The third-order valence-electron chi connectivity index (χ3n) is 4.53. The molecule has 2 aromatic carbocycles. The summed E-state index contributed by atoms with van der Waals surface area (Å²) < 4.78 is 27.8. The van der Waals surface area contributed by atoms with Crippen molar-refractivity contribution in [1.82, 2.24) is 4.90 Å². The maximum absolute atomic E-state index is 13.3. The lowest BCUT2D eigenvalue weighted by Gasteiger charge is -2.26. The molecule has 0 aliphatic heterocycles. The smallest absolute Gasteiger partial charge is 0.264 e. The van der Waals surface area contributed by atoms with Gasteiger partial charge in [0.25, 0.3) is 10.0 Å². The van der Waals surface area contributed by atoms with E-state index in [1.165, 1.54) is 9.21 Å². The molecule has 0 saturated heterocycles. The third-order valence-corrected chi connectivity index (χ3v) is 6.32. The van der Waals surface area contributed by atoms with Crippen molar-refractivity contribution in [2.75, 3.05) is 24.4 Å². The first-order valence-electron chi connectivity index (χ1n) is 8.99. The van der Waals surface area contributed by atoms with Crippen LogP contribution in [0.5, 0.6) is 0 Å². The van der Waals surface area contributed by atoms with E-state index >= 15 is 0 Å². The molecule has 0 N–H and O–H groups in total. The van der Waals surface area contributed by atoms with Gasteiger partial charge in [0, 0.05) is 13.6 Å². The molecule has 0 fully saturated rings. The van der Waals surface area contributed by atoms with Gasteiger partial charge in [-0.15, -0.1) is 0 Å². The molecule has 0 saturated carbocycles. The molecule has 6 heteroatoms. The van der Waals surface area contributed by atoms with Gasteiger partial charge in [-0.3, -0.25) is 9.10 Å². The van der Waals surface area contributed by atoms with E-state index in [0.717, 1.165) is 5.56 Å². The lowest BCUT2D eigenvalue weighted by atomic mass is 9.87. The monoisotopic (exact) mass is 388 g/mol. The predicted molar refractivity (Wildman–Crippen MR) is 109 cm³/mol. The second-order valence-electron chi connectivity index (χ2n) is 7.53. The Hall–Kier alpha value is -2.34. The van der Waals surface area contributed by atoms with Crippen molar-refractivity contribution in [3.63, 3.8) is 0 Å². The van der Waals surface area contributed by atoms with Gasteiger partial charge in [0.05, 0.1) is 10.6 Å². The van der Waals surface area contributed by atoms with Crippen LogP contribution < -0.4 is 4.31 Å². The van der Waals surface area contributed by atoms with Crippen LogP contribution in [-0.2, 0) is 20.2 Å². The van der Waals surface area contributed by atoms with Gasteiger partial charge in [-0.1, -0.05) is 51.1 Å². The molecule has 0 bridgehead atoms. The van der Waals surface area contributed by atoms with Crippen LogP contribution in [0, 0.1) is 0 Å². The Labute approximate surface area is 162 Å². The average Bonchev–Trinajstić information content (AvgIpc) is 2.65. The van der Waals surface area contributed by atoms with Crippen LogP contribution in [0.2, 0.25) is 0 Å². The van der Waals surface area contributed by atoms with Gasteiger partial charge in [-0.2, -0.15) is 0 Å². The van der Waals surface area contributed by atoms with Crippen molar-refractivity contribution in [3.05, 3.63) is 60.2 Å². The highest BCUT2D eigenvalue weighted by Gasteiger charge is 2.28. The van der Waals surface area contributed by atoms with E-state index in [0.29, 0.717) is 12.2 Å². The molecular weight excluding hydrogens is 360 g/mol. The molecule has 0 aliphatic carbocycles. The van der Waals surface area contributed by atoms with Gasteiger partial charge in [-0.05, 0) is 42.2 Å². The highest BCUT2D eigenvalue weighted by Crippen LogP contribution is 2.27. The van der Waals surface area contributed by atoms with Crippen LogP contribution in [0.3, 0.4) is 0 Å². The van der Waals surface area contributed by atoms with Crippen molar-refractivity contribution in [1.29, 1.82) is 0 Å². The summed E-state index contributed by atoms with van der Waals surface area (Å²) in [5.74, 6) is -0.253. The zero-order valence-electron chi connectivity index (χ0n) is 16.6. The molecule has 2 rings (SSSR count). The summed E-state index contributed by atoms with van der Waals surface area (Å²) >= 11 is 0. The number of sulfonamides is 1. The molecule has 27 heavy (non-hydrogen) atoms. The molecule has 0 heterocycles. The molecule has 0 unspecified atom stereocenters. The van der Waals surface area contributed by atoms with E-state index < -0.39 is 10.0 Å². The minimum Gasteiger partial charge on any atom is -0.344 e. The van der Waals surface area contributed by atoms with Crippen LogP contribution in [0.25, 0.3) is 0 Å². The number of anilines is 1. The number of carbonyl (C=O) groups is 1. The number of hydrogen-bond acceptors (Lipinski definition) is 3. The Morgan fingerprint density at radius 2 is 1.52 bits per heavy atom. The first-order valence-corrected chi connectivity index (χ1v) is 10.4. The molecule has 0 aromatic heterocycles. The number of hydrogen-bond donors (Lipinski definition) is 0. The third kappa shape index (κ3) is 4.89. The van der Waals surface area contributed by atoms with Crippen molar-refractivity contribution in [2.24, 2.45) is 0 Å². The normalized spacial score (nSPS) is 11.9. The Kier molecular flexibility index (Phi) is 6.31. The molecule has 2 aromatic rings. The van der Waals surface area contributed by atoms with E-state index in [2.05, 4.69) is 20.8 Å². The maximum Gasteiger partial charge on any atom is 0.264 e. The summed E-state index contributed by atoms with van der Waals surface area (Å²) in [5.41, 5.74) is 1.45. The van der Waals surface area contributed by atoms with Crippen molar-refractivity contribution in [2.45, 2.75) is 38.0 Å². The zero-order chi connectivity index (χ0) is 20.2. The summed E-state index contributed by atoms with van der Waals surface area (Å²) in [4.78, 5) is 14.1. The van der Waals surface area contributed by atoms with Crippen molar-refractivity contribution in [3.8, 4) is 0 Å². The van der Waals surface area contributed by atoms with Gasteiger partial charge in [-0.25, -0.2) is 8.42 Å². The van der Waals surface area contributed by atoms with Gasteiger partial charge in [0.1, 0.15) is 6.54 Å². The van der Waals surface area contributed by atoms with Gasteiger partial charge < -0.3 is 4.90 Å². The first kappa shape index (κ1) is 21.0. The lowest BCUT2D eigenvalue weighted by Crippen LogP contribution is -2.41. The minimum absolute atomic E-state index is 0.0682. The number of nitrogens with zero attached hydrogens (tertiary/aromatic N) is 2. The van der Waals surface area contributed by atoms with Crippen molar-refractivity contribution >= 4 is 21.6 Å². The number of amides is 1. The topological polar surface area (TPSA) is 57.7 Å². The summed E-state index contributed by atoms with van der Waals surface area (Å²) in [6.45, 7) is 8.36.